The number of halogens is 1. The van der Waals surface area contributed by atoms with Crippen LogP contribution in [0.4, 0.5) is 0 Å². The van der Waals surface area contributed by atoms with E-state index in [-0.39, 0.29) is 16.6 Å². The van der Waals surface area contributed by atoms with Gasteiger partial charge in [0.05, 0.1) is 11.4 Å². The number of carboxylic acids is 1. The summed E-state index contributed by atoms with van der Waals surface area (Å²) in [6.07, 6.45) is 1.48. The Morgan fingerprint density at radius 3 is 3.00 bits per heavy atom. The number of aromatic nitrogens is 1. The Morgan fingerprint density at radius 1 is 1.59 bits per heavy atom. The van der Waals surface area contributed by atoms with Gasteiger partial charge >= 0.3 is 5.97 Å². The molecular formula is C10H9ClN2O3S. The van der Waals surface area contributed by atoms with Gasteiger partial charge in [-0.15, -0.1) is 11.8 Å². The Bertz CT molecular complexity index is 469. The van der Waals surface area contributed by atoms with E-state index in [1.54, 1.807) is 12.1 Å². The normalized spacial score (nSPS) is 19.4. The molecule has 1 saturated heterocycles. The zero-order valence-electron chi connectivity index (χ0n) is 8.67. The molecule has 5 nitrogen and oxygen atoms in total. The van der Waals surface area contributed by atoms with Crippen LogP contribution < -0.4 is 0 Å². The molecule has 1 amide bonds. The number of carboxylic acid groups (broad SMARTS) is 1. The van der Waals surface area contributed by atoms with E-state index in [1.165, 1.54) is 22.9 Å². The van der Waals surface area contributed by atoms with E-state index in [0.29, 0.717) is 11.6 Å². The smallest absolute Gasteiger partial charge is 0.327 e. The van der Waals surface area contributed by atoms with Gasteiger partial charge in [-0.2, -0.15) is 0 Å². The fourth-order valence-electron chi connectivity index (χ4n) is 1.55. The molecule has 1 unspecified atom stereocenters. The highest BCUT2D eigenvalue weighted by molar-refractivity contribution is 7.99. The predicted octanol–water partition coefficient (Wildman–Crippen LogP) is 1.33. The molecular weight excluding hydrogens is 264 g/mol. The van der Waals surface area contributed by atoms with E-state index in [1.807, 2.05) is 0 Å². The SMILES string of the molecule is O=C(O)C1CSCN1C(=O)c1cccnc1Cl. The maximum absolute atomic E-state index is 12.1. The van der Waals surface area contributed by atoms with Gasteiger partial charge in [-0.3, -0.25) is 4.79 Å². The molecule has 1 aromatic heterocycles. The second kappa shape index (κ2) is 4.93. The number of nitrogens with zero attached hydrogens (tertiary/aromatic N) is 2. The van der Waals surface area contributed by atoms with E-state index in [4.69, 9.17) is 16.7 Å². The Balaban J connectivity index is 2.26. The topological polar surface area (TPSA) is 70.5 Å². The highest BCUT2D eigenvalue weighted by Gasteiger charge is 2.35. The summed E-state index contributed by atoms with van der Waals surface area (Å²) in [7, 11) is 0. The second-order valence-corrected chi connectivity index (χ2v) is 4.83. The molecule has 1 aromatic rings. The Morgan fingerprint density at radius 2 is 2.35 bits per heavy atom. The minimum atomic E-state index is -0.997. The van der Waals surface area contributed by atoms with E-state index < -0.39 is 12.0 Å². The molecule has 90 valence electrons. The van der Waals surface area contributed by atoms with Crippen molar-refractivity contribution in [1.29, 1.82) is 0 Å². The first-order valence-corrected chi connectivity index (χ1v) is 6.36. The van der Waals surface area contributed by atoms with E-state index in [9.17, 15) is 9.59 Å². The van der Waals surface area contributed by atoms with E-state index in [0.717, 1.165) is 0 Å². The van der Waals surface area contributed by atoms with Gasteiger partial charge in [0.25, 0.3) is 5.91 Å². The van der Waals surface area contributed by atoms with E-state index >= 15 is 0 Å². The van der Waals surface area contributed by atoms with Crippen molar-refractivity contribution >= 4 is 35.2 Å². The van der Waals surface area contributed by atoms with Crippen LogP contribution in [0.1, 0.15) is 10.4 Å². The lowest BCUT2D eigenvalue weighted by molar-refractivity contribution is -0.140. The Labute approximate surface area is 107 Å². The van der Waals surface area contributed by atoms with Crippen molar-refractivity contribution in [2.75, 3.05) is 11.6 Å². The van der Waals surface area contributed by atoms with Crippen molar-refractivity contribution in [2.45, 2.75) is 6.04 Å². The van der Waals surface area contributed by atoms with Crippen LogP contribution in [-0.4, -0.2) is 44.5 Å². The first kappa shape index (κ1) is 12.2. The number of amides is 1. The summed E-state index contributed by atoms with van der Waals surface area (Å²) in [4.78, 5) is 28.2. The molecule has 0 bridgehead atoms. The fraction of sp³-hybridized carbons (Fsp3) is 0.300. The lowest BCUT2D eigenvalue weighted by Gasteiger charge is -2.20. The van der Waals surface area contributed by atoms with Crippen LogP contribution in [0, 0.1) is 0 Å². The van der Waals surface area contributed by atoms with Crippen molar-refractivity contribution in [1.82, 2.24) is 9.88 Å². The quantitative estimate of drug-likeness (QED) is 0.823. The molecule has 1 atom stereocenters. The van der Waals surface area contributed by atoms with Crippen molar-refractivity contribution < 1.29 is 14.7 Å². The van der Waals surface area contributed by atoms with Crippen molar-refractivity contribution in [2.24, 2.45) is 0 Å². The van der Waals surface area contributed by atoms with Crippen LogP contribution in [0.25, 0.3) is 0 Å². The first-order chi connectivity index (χ1) is 8.11. The second-order valence-electron chi connectivity index (χ2n) is 3.47. The van der Waals surface area contributed by atoms with Gasteiger partial charge < -0.3 is 10.0 Å². The predicted molar refractivity (Wildman–Crippen MR) is 64.2 cm³/mol. The zero-order valence-corrected chi connectivity index (χ0v) is 10.2. The first-order valence-electron chi connectivity index (χ1n) is 4.83. The molecule has 17 heavy (non-hydrogen) atoms. The van der Waals surface area contributed by atoms with Gasteiger partial charge in [-0.25, -0.2) is 9.78 Å². The highest BCUT2D eigenvalue weighted by atomic mass is 35.5. The minimum absolute atomic E-state index is 0.0959. The third kappa shape index (κ3) is 2.37. The summed E-state index contributed by atoms with van der Waals surface area (Å²) in [5.41, 5.74) is 0.239. The summed E-state index contributed by atoms with van der Waals surface area (Å²) in [5.74, 6) is -0.621. The number of hydrogen-bond donors (Lipinski definition) is 1. The molecule has 0 aromatic carbocycles. The van der Waals surface area contributed by atoms with Crippen LogP contribution in [0.2, 0.25) is 5.15 Å². The summed E-state index contributed by atoms with van der Waals surface area (Å²) in [6.45, 7) is 0. The summed E-state index contributed by atoms with van der Waals surface area (Å²) < 4.78 is 0. The highest BCUT2D eigenvalue weighted by Crippen LogP contribution is 2.25. The molecule has 2 rings (SSSR count). The Kier molecular flexibility index (Phi) is 3.54. The molecule has 1 fully saturated rings. The lowest BCUT2D eigenvalue weighted by Crippen LogP contribution is -2.41. The summed E-state index contributed by atoms with van der Waals surface area (Å²) in [6, 6.07) is 2.35. The van der Waals surface area contributed by atoms with Crippen molar-refractivity contribution in [3.8, 4) is 0 Å². The zero-order chi connectivity index (χ0) is 12.4. The number of pyridine rings is 1. The molecule has 2 heterocycles. The molecule has 0 aliphatic carbocycles. The number of thioether (sulfide) groups is 1. The summed E-state index contributed by atoms with van der Waals surface area (Å²) in [5, 5.41) is 9.09. The monoisotopic (exact) mass is 272 g/mol. The van der Waals surface area contributed by atoms with Crippen LogP contribution in [0.5, 0.6) is 0 Å². The van der Waals surface area contributed by atoms with Crippen LogP contribution in [0.15, 0.2) is 18.3 Å². The van der Waals surface area contributed by atoms with Gasteiger partial charge in [0.15, 0.2) is 0 Å². The van der Waals surface area contributed by atoms with E-state index in [2.05, 4.69) is 4.98 Å². The van der Waals surface area contributed by atoms with Gasteiger partial charge in [-0.1, -0.05) is 11.6 Å². The van der Waals surface area contributed by atoms with Gasteiger partial charge in [-0.05, 0) is 12.1 Å². The van der Waals surface area contributed by atoms with Gasteiger partial charge in [0.2, 0.25) is 0 Å². The molecule has 0 radical (unpaired) electrons. The largest absolute Gasteiger partial charge is 0.480 e. The standard InChI is InChI=1S/C10H9ClN2O3S/c11-8-6(2-1-3-12-8)9(14)13-5-17-4-7(13)10(15)16/h1-3,7H,4-5H2,(H,15,16). The average Bonchev–Trinajstić information content (AvgIpc) is 2.77. The number of hydrogen-bond acceptors (Lipinski definition) is 4. The number of aliphatic carboxylic acids is 1. The lowest BCUT2D eigenvalue weighted by atomic mass is 10.2. The van der Waals surface area contributed by atoms with Crippen molar-refractivity contribution in [3.63, 3.8) is 0 Å². The van der Waals surface area contributed by atoms with Crippen LogP contribution in [-0.2, 0) is 4.79 Å². The minimum Gasteiger partial charge on any atom is -0.480 e. The molecule has 7 heteroatoms. The molecule has 1 aliphatic rings. The van der Waals surface area contributed by atoms with Gasteiger partial charge in [0, 0.05) is 11.9 Å². The third-order valence-electron chi connectivity index (χ3n) is 2.42. The fourth-order valence-corrected chi connectivity index (χ4v) is 2.89. The molecule has 1 N–H and O–H groups in total. The molecule has 1 aliphatic heterocycles. The average molecular weight is 273 g/mol. The van der Waals surface area contributed by atoms with Gasteiger partial charge in [0.1, 0.15) is 11.2 Å². The number of rotatable bonds is 2. The molecule has 0 spiro atoms. The maximum atomic E-state index is 12.1. The van der Waals surface area contributed by atoms with Crippen molar-refractivity contribution in [3.05, 3.63) is 29.0 Å². The van der Waals surface area contributed by atoms with Crippen LogP contribution >= 0.6 is 23.4 Å². The number of carbonyl (C=O) groups excluding carboxylic acids is 1. The Hall–Kier alpha value is -1.27. The maximum Gasteiger partial charge on any atom is 0.327 e. The molecule has 0 saturated carbocycles. The summed E-state index contributed by atoms with van der Waals surface area (Å²) >= 11 is 7.22. The third-order valence-corrected chi connectivity index (χ3v) is 3.73. The number of carbonyl (C=O) groups is 2. The van der Waals surface area contributed by atoms with Crippen LogP contribution in [0.3, 0.4) is 0 Å².